The van der Waals surface area contributed by atoms with Crippen molar-refractivity contribution in [2.24, 2.45) is 17.9 Å². The molecule has 2 fully saturated rings. The minimum absolute atomic E-state index is 0.000769. The van der Waals surface area contributed by atoms with E-state index in [1.165, 1.54) is 25.6 Å². The smallest absolute Gasteiger partial charge is 0.352 e. The standard InChI is InChI=1S/C25H32N12O8S2/c1-25(2,22(42)43)45-32-13(17-31-23(28)47-33-17)18(38)30-14-19(39)37-15(21(40)41)10(9-46-20(14)37)6-36-8-12(16(27)34(36)3)29-24(44)35-5-4-11(26)7-35/h8,11,14,20,27H,4-7,9,26H2,1-3H3,(H6,28,29,30,31,33,38,40,41,42,43,44)/p+1/b32-13-/t11-,14+,20+/m0/s1. The molecule has 2 saturated heterocycles. The van der Waals surface area contributed by atoms with Crippen LogP contribution in [0.15, 0.2) is 22.6 Å². The highest BCUT2D eigenvalue weighted by Crippen LogP contribution is 2.40. The number of hydrogen-bond donors (Lipinski definition) is 7. The lowest BCUT2D eigenvalue weighted by molar-refractivity contribution is -0.765. The first kappa shape index (κ1) is 33.4. The summed E-state index contributed by atoms with van der Waals surface area (Å²) in [6.07, 6.45) is 2.26. The fourth-order valence-corrected chi connectivity index (χ4v) is 6.72. The third-order valence-electron chi connectivity index (χ3n) is 7.68. The summed E-state index contributed by atoms with van der Waals surface area (Å²) in [6.45, 7) is 3.38. The van der Waals surface area contributed by atoms with E-state index in [0.29, 0.717) is 30.8 Å². The maximum Gasteiger partial charge on any atom is 0.352 e. The summed E-state index contributed by atoms with van der Waals surface area (Å²) in [4.78, 5) is 74.9. The molecule has 4 amide bonds. The van der Waals surface area contributed by atoms with Crippen LogP contribution in [0.25, 0.3) is 0 Å². The van der Waals surface area contributed by atoms with Crippen LogP contribution in [-0.2, 0) is 37.6 Å². The molecule has 5 rings (SSSR count). The third-order valence-corrected chi connectivity index (χ3v) is 9.56. The molecule has 0 radical (unpaired) electrons. The molecule has 0 unspecified atom stereocenters. The van der Waals surface area contributed by atoms with Gasteiger partial charge in [0.05, 0.1) is 7.05 Å². The maximum absolute atomic E-state index is 13.3. The average Bonchev–Trinajstić information content (AvgIpc) is 3.71. The van der Waals surface area contributed by atoms with Gasteiger partial charge in [0.25, 0.3) is 11.8 Å². The van der Waals surface area contributed by atoms with E-state index in [4.69, 9.17) is 22.0 Å². The van der Waals surface area contributed by atoms with Crippen LogP contribution in [-0.4, -0.2) is 111 Å². The zero-order valence-corrected chi connectivity index (χ0v) is 27.0. The van der Waals surface area contributed by atoms with E-state index >= 15 is 0 Å². The molecule has 47 heavy (non-hydrogen) atoms. The van der Waals surface area contributed by atoms with E-state index in [9.17, 15) is 34.2 Å². The molecule has 0 spiro atoms. The molecule has 0 saturated carbocycles. The topological polar surface area (TPSA) is 291 Å². The number of nitrogen functional groups attached to an aromatic ring is 2. The lowest BCUT2D eigenvalue weighted by Crippen LogP contribution is -2.71. The Morgan fingerprint density at radius 3 is 2.57 bits per heavy atom. The van der Waals surface area contributed by atoms with Crippen LogP contribution >= 0.6 is 23.3 Å². The molecule has 3 aliphatic heterocycles. The van der Waals surface area contributed by atoms with Gasteiger partial charge in [0.15, 0.2) is 23.2 Å². The highest BCUT2D eigenvalue weighted by atomic mass is 32.2. The van der Waals surface area contributed by atoms with E-state index in [0.717, 1.165) is 16.4 Å². The molecule has 22 heteroatoms. The van der Waals surface area contributed by atoms with E-state index in [1.807, 2.05) is 0 Å². The molecule has 3 aliphatic rings. The van der Waals surface area contributed by atoms with Crippen LogP contribution < -0.4 is 32.5 Å². The van der Waals surface area contributed by atoms with Crippen LogP contribution in [0.1, 0.15) is 26.1 Å². The molecular weight excluding hydrogens is 660 g/mol. The van der Waals surface area contributed by atoms with Gasteiger partial charge in [0.2, 0.25) is 23.3 Å². The molecule has 0 aliphatic carbocycles. The monoisotopic (exact) mass is 693 g/mol. The highest BCUT2D eigenvalue weighted by molar-refractivity contribution is 8.00. The van der Waals surface area contributed by atoms with Crippen LogP contribution in [0.3, 0.4) is 0 Å². The highest BCUT2D eigenvalue weighted by Gasteiger charge is 2.55. The quantitative estimate of drug-likeness (QED) is 0.0608. The van der Waals surface area contributed by atoms with Gasteiger partial charge in [-0.15, -0.1) is 21.1 Å². The zero-order chi connectivity index (χ0) is 34.4. The number of oxime groups is 1. The fraction of sp³-hybridized carbons (Fsp3) is 0.480. The van der Waals surface area contributed by atoms with Gasteiger partial charge in [-0.1, -0.05) is 5.16 Å². The van der Waals surface area contributed by atoms with Crippen molar-refractivity contribution in [1.82, 2.24) is 29.2 Å². The number of thioether (sulfide) groups is 1. The van der Waals surface area contributed by atoms with Crippen molar-refractivity contribution in [3.63, 3.8) is 0 Å². The molecular formula is C25H33N12O8S2+. The van der Waals surface area contributed by atoms with Gasteiger partial charge >= 0.3 is 18.0 Å². The number of carbonyl (C=O) groups excluding carboxylic acids is 3. The van der Waals surface area contributed by atoms with Gasteiger partial charge in [-0.25, -0.2) is 14.4 Å². The second kappa shape index (κ2) is 12.7. The van der Waals surface area contributed by atoms with Crippen molar-refractivity contribution in [3.05, 3.63) is 23.3 Å². The summed E-state index contributed by atoms with van der Waals surface area (Å²) in [6, 6.07) is -1.61. The number of β-lactam (4-membered cyclic amide) rings is 1. The van der Waals surface area contributed by atoms with E-state index in [1.54, 1.807) is 27.5 Å². The van der Waals surface area contributed by atoms with Crippen molar-refractivity contribution >= 4 is 75.4 Å². The van der Waals surface area contributed by atoms with Gasteiger partial charge < -0.3 is 42.5 Å². The van der Waals surface area contributed by atoms with E-state index in [2.05, 4.69) is 25.1 Å². The number of urea groups is 1. The number of hydrogen-bond acceptors (Lipinski definition) is 14. The Bertz CT molecular complexity index is 1720. The fourth-order valence-electron chi connectivity index (χ4n) is 4.95. The number of likely N-dealkylation sites (tertiary alicyclic amines) is 1. The average molecular weight is 694 g/mol. The van der Waals surface area contributed by atoms with Crippen LogP contribution in [0, 0.1) is 0 Å². The molecule has 0 aromatic carbocycles. The minimum atomic E-state index is -1.82. The van der Waals surface area contributed by atoms with Crippen molar-refractivity contribution in [3.8, 4) is 0 Å². The number of aliphatic carboxylic acids is 2. The second-order valence-corrected chi connectivity index (χ2v) is 13.3. The lowest BCUT2D eigenvalue weighted by atomic mass is 10.0. The summed E-state index contributed by atoms with van der Waals surface area (Å²) in [5.41, 5.74) is 15.9. The van der Waals surface area contributed by atoms with Gasteiger partial charge in [-0.05, 0) is 20.3 Å². The zero-order valence-electron chi connectivity index (χ0n) is 25.4. The number of nitrogens with zero attached hydrogens (tertiary/aromatic N) is 7. The largest absolute Gasteiger partial charge is 0.478 e. The van der Waals surface area contributed by atoms with Crippen molar-refractivity contribution < 1.29 is 43.7 Å². The Balaban J connectivity index is 1.33. The Morgan fingerprint density at radius 1 is 1.26 bits per heavy atom. The molecule has 0 bridgehead atoms. The van der Waals surface area contributed by atoms with Gasteiger partial charge in [-0.2, -0.15) is 9.36 Å². The SMILES string of the molecule is Cn1c(N)c(NC(=O)N2CC[C@H](N)C2)c[n+]1CC1=C(C(=O)O)N2C(=O)[C@@H](NC(=O)/C(=N\OC(C)(C)C(=O)O)c3nsc(N)n3)[C@H]2SC1. The number of amides is 4. The van der Waals surface area contributed by atoms with Gasteiger partial charge in [0, 0.05) is 42.0 Å². The van der Waals surface area contributed by atoms with Gasteiger partial charge in [-0.3, -0.25) is 19.8 Å². The summed E-state index contributed by atoms with van der Waals surface area (Å²) >= 11 is 1.98. The first-order valence-electron chi connectivity index (χ1n) is 14.1. The predicted molar refractivity (Wildman–Crippen MR) is 167 cm³/mol. The minimum Gasteiger partial charge on any atom is -0.478 e. The second-order valence-electron chi connectivity index (χ2n) is 11.4. The van der Waals surface area contributed by atoms with Crippen molar-refractivity contribution in [2.75, 3.05) is 35.6 Å². The predicted octanol–water partition coefficient (Wildman–Crippen LogP) is -2.08. The van der Waals surface area contributed by atoms with Crippen LogP contribution in [0.5, 0.6) is 0 Å². The first-order chi connectivity index (χ1) is 22.1. The summed E-state index contributed by atoms with van der Waals surface area (Å²) in [7, 11) is 1.64. The number of aromatic nitrogens is 4. The summed E-state index contributed by atoms with van der Waals surface area (Å²) in [5.74, 6) is -4.21. The maximum atomic E-state index is 13.3. The Labute approximate surface area is 274 Å². The molecule has 20 nitrogen and oxygen atoms in total. The van der Waals surface area contributed by atoms with E-state index < -0.39 is 46.5 Å². The first-order valence-corrected chi connectivity index (χ1v) is 15.9. The molecule has 2 aromatic rings. The summed E-state index contributed by atoms with van der Waals surface area (Å²) in [5, 5.41) is 27.6. The summed E-state index contributed by atoms with van der Waals surface area (Å²) < 4.78 is 7.08. The number of anilines is 3. The molecule has 5 heterocycles. The van der Waals surface area contributed by atoms with Crippen LogP contribution in [0.4, 0.5) is 21.4 Å². The van der Waals surface area contributed by atoms with Gasteiger partial charge in [0.1, 0.15) is 17.1 Å². The normalized spacial score (nSPS) is 21.3. The van der Waals surface area contributed by atoms with E-state index in [-0.39, 0.29) is 46.8 Å². The Morgan fingerprint density at radius 2 is 1.98 bits per heavy atom. The number of nitrogens with two attached hydrogens (primary N) is 3. The molecule has 10 N–H and O–H groups in total. The Hall–Kier alpha value is -4.96. The Kier molecular flexibility index (Phi) is 9.01. The lowest BCUT2D eigenvalue weighted by Gasteiger charge is -2.49. The number of carboxylic acid groups (broad SMARTS) is 2. The van der Waals surface area contributed by atoms with Crippen molar-refractivity contribution in [2.45, 2.75) is 49.9 Å². The third kappa shape index (κ3) is 6.51. The number of nitrogens with one attached hydrogen (secondary N) is 2. The number of rotatable bonds is 10. The number of fused-ring (bicyclic) bond motifs is 1. The van der Waals surface area contributed by atoms with Crippen LogP contribution in [0.2, 0.25) is 0 Å². The molecule has 3 atom stereocenters. The van der Waals surface area contributed by atoms with Crippen molar-refractivity contribution in [1.29, 1.82) is 0 Å². The molecule has 252 valence electrons. The number of carbonyl (C=O) groups is 5. The molecule has 2 aromatic heterocycles. The number of carboxylic acids is 2.